The number of H-pyrrole nitrogens is 1. The van der Waals surface area contributed by atoms with Crippen LogP contribution in [-0.2, 0) is 7.05 Å². The highest BCUT2D eigenvalue weighted by Gasteiger charge is 2.11. The fourth-order valence-corrected chi connectivity index (χ4v) is 1.94. The van der Waals surface area contributed by atoms with Gasteiger partial charge in [0.05, 0.1) is 0 Å². The summed E-state index contributed by atoms with van der Waals surface area (Å²) in [5.74, 6) is 0. The van der Waals surface area contributed by atoms with E-state index in [9.17, 15) is 4.79 Å². The summed E-state index contributed by atoms with van der Waals surface area (Å²) >= 11 is 5.06. The molecule has 5 heteroatoms. The Bertz CT molecular complexity index is 810. The number of aromatic amines is 1. The largest absolute Gasteiger partial charge is 0.449 e. The van der Waals surface area contributed by atoms with Crippen molar-refractivity contribution < 1.29 is 4.42 Å². The Balaban J connectivity index is 2.72. The van der Waals surface area contributed by atoms with Crippen molar-refractivity contribution in [3.05, 3.63) is 39.4 Å². The highest BCUT2D eigenvalue weighted by atomic mass is 32.1. The Morgan fingerprint density at radius 1 is 1.38 bits per heavy atom. The topological polar surface area (TPSA) is 50.9 Å². The third kappa shape index (κ3) is 1.09. The first-order valence-corrected chi connectivity index (χ1v) is 5.20. The second kappa shape index (κ2) is 3.05. The lowest BCUT2D eigenvalue weighted by Crippen LogP contribution is -2.17. The van der Waals surface area contributed by atoms with E-state index in [-0.39, 0.29) is 5.56 Å². The number of hydrogen-bond acceptors (Lipinski definition) is 3. The van der Waals surface area contributed by atoms with Crippen molar-refractivity contribution in [3.63, 3.8) is 0 Å². The van der Waals surface area contributed by atoms with E-state index < -0.39 is 0 Å². The number of fused-ring (bicyclic) bond motifs is 3. The van der Waals surface area contributed by atoms with Crippen LogP contribution in [0.1, 0.15) is 0 Å². The van der Waals surface area contributed by atoms with Crippen molar-refractivity contribution in [2.45, 2.75) is 0 Å². The zero-order valence-electron chi connectivity index (χ0n) is 8.48. The highest BCUT2D eigenvalue weighted by Crippen LogP contribution is 2.24. The Morgan fingerprint density at radius 3 is 2.94 bits per heavy atom. The summed E-state index contributed by atoms with van der Waals surface area (Å²) in [6.07, 6.45) is 0. The monoisotopic (exact) mass is 232 g/mol. The van der Waals surface area contributed by atoms with Gasteiger partial charge >= 0.3 is 0 Å². The maximum atomic E-state index is 11.9. The van der Waals surface area contributed by atoms with Crippen molar-refractivity contribution in [1.82, 2.24) is 9.55 Å². The molecule has 0 saturated carbocycles. The van der Waals surface area contributed by atoms with E-state index >= 15 is 0 Å². The molecule has 0 fully saturated rings. The molecule has 16 heavy (non-hydrogen) atoms. The van der Waals surface area contributed by atoms with Crippen molar-refractivity contribution >= 4 is 34.3 Å². The number of furan rings is 1. The standard InChI is InChI=1S/C11H8N2O2S/c1-13-10(14)9-8(12-11(13)16)6-4-2-3-5-7(6)15-9/h2-5H,1H3,(H,12,16). The van der Waals surface area contributed by atoms with E-state index in [1.165, 1.54) is 4.57 Å². The fraction of sp³-hybridized carbons (Fsp3) is 0.0909. The van der Waals surface area contributed by atoms with Crippen molar-refractivity contribution in [2.24, 2.45) is 7.05 Å². The lowest BCUT2D eigenvalue weighted by Gasteiger charge is -1.96. The van der Waals surface area contributed by atoms with Gasteiger partial charge in [0.2, 0.25) is 5.58 Å². The van der Waals surface area contributed by atoms with Crippen molar-refractivity contribution in [2.75, 3.05) is 0 Å². The molecule has 0 spiro atoms. The van der Waals surface area contributed by atoms with E-state index in [0.717, 1.165) is 5.39 Å². The number of para-hydroxylation sites is 1. The van der Waals surface area contributed by atoms with Gasteiger partial charge in [0, 0.05) is 12.4 Å². The zero-order chi connectivity index (χ0) is 11.3. The fourth-order valence-electron chi connectivity index (χ4n) is 1.76. The second-order valence-electron chi connectivity index (χ2n) is 3.60. The van der Waals surface area contributed by atoms with Crippen LogP contribution in [0.25, 0.3) is 22.1 Å². The summed E-state index contributed by atoms with van der Waals surface area (Å²) < 4.78 is 7.26. The Hall–Kier alpha value is -1.88. The third-order valence-electron chi connectivity index (χ3n) is 2.63. The van der Waals surface area contributed by atoms with Gasteiger partial charge in [-0.3, -0.25) is 9.36 Å². The molecule has 3 aromatic rings. The van der Waals surface area contributed by atoms with Gasteiger partial charge in [0.25, 0.3) is 5.56 Å². The number of rotatable bonds is 0. The molecule has 80 valence electrons. The third-order valence-corrected chi connectivity index (χ3v) is 3.01. The SMILES string of the molecule is Cn1c(=S)[nH]c2c(oc3ccccc32)c1=O. The van der Waals surface area contributed by atoms with Gasteiger partial charge in [0.1, 0.15) is 11.1 Å². The second-order valence-corrected chi connectivity index (χ2v) is 3.98. The van der Waals surface area contributed by atoms with Crippen LogP contribution in [0.3, 0.4) is 0 Å². The first-order chi connectivity index (χ1) is 7.68. The van der Waals surface area contributed by atoms with Crippen LogP contribution in [0.2, 0.25) is 0 Å². The number of nitrogens with zero attached hydrogens (tertiary/aromatic N) is 1. The lowest BCUT2D eigenvalue weighted by molar-refractivity contribution is 0.650. The maximum absolute atomic E-state index is 11.9. The molecule has 3 rings (SSSR count). The zero-order valence-corrected chi connectivity index (χ0v) is 9.30. The van der Waals surface area contributed by atoms with E-state index in [0.29, 0.717) is 21.5 Å². The van der Waals surface area contributed by atoms with Crippen molar-refractivity contribution in [3.8, 4) is 0 Å². The smallest absolute Gasteiger partial charge is 0.297 e. The Morgan fingerprint density at radius 2 is 2.12 bits per heavy atom. The van der Waals surface area contributed by atoms with Gasteiger partial charge < -0.3 is 9.40 Å². The molecule has 1 aromatic carbocycles. The van der Waals surface area contributed by atoms with Crippen LogP contribution in [-0.4, -0.2) is 9.55 Å². The molecule has 0 aliphatic carbocycles. The minimum atomic E-state index is -0.213. The summed E-state index contributed by atoms with van der Waals surface area (Å²) in [6, 6.07) is 7.48. The van der Waals surface area contributed by atoms with E-state index in [4.69, 9.17) is 16.6 Å². The van der Waals surface area contributed by atoms with E-state index in [2.05, 4.69) is 4.98 Å². The van der Waals surface area contributed by atoms with Gasteiger partial charge in [-0.05, 0) is 24.4 Å². The molecule has 0 saturated heterocycles. The van der Waals surface area contributed by atoms with Gasteiger partial charge in [-0.1, -0.05) is 12.1 Å². The van der Waals surface area contributed by atoms with Crippen LogP contribution in [0.4, 0.5) is 0 Å². The summed E-state index contributed by atoms with van der Waals surface area (Å²) in [7, 11) is 1.62. The van der Waals surface area contributed by atoms with Gasteiger partial charge in [-0.2, -0.15) is 0 Å². The van der Waals surface area contributed by atoms with E-state index in [1.807, 2.05) is 24.3 Å². The summed E-state index contributed by atoms with van der Waals surface area (Å²) in [4.78, 5) is 14.9. The predicted octanol–water partition coefficient (Wildman–Crippen LogP) is 2.34. The minimum Gasteiger partial charge on any atom is -0.449 e. The molecule has 0 radical (unpaired) electrons. The van der Waals surface area contributed by atoms with Gasteiger partial charge in [0.15, 0.2) is 4.77 Å². The highest BCUT2D eigenvalue weighted by molar-refractivity contribution is 7.71. The molecule has 0 aliphatic heterocycles. The van der Waals surface area contributed by atoms with Crippen LogP contribution in [0.15, 0.2) is 33.5 Å². The quantitative estimate of drug-likeness (QED) is 0.605. The molecule has 2 aromatic heterocycles. The van der Waals surface area contributed by atoms with E-state index in [1.54, 1.807) is 7.05 Å². The summed E-state index contributed by atoms with van der Waals surface area (Å²) in [6.45, 7) is 0. The van der Waals surface area contributed by atoms with Crippen LogP contribution < -0.4 is 5.56 Å². The number of nitrogens with one attached hydrogen (secondary N) is 1. The molecular weight excluding hydrogens is 224 g/mol. The number of hydrogen-bond donors (Lipinski definition) is 1. The molecule has 2 heterocycles. The Labute approximate surface area is 95.1 Å². The average molecular weight is 232 g/mol. The number of aromatic nitrogens is 2. The molecule has 4 nitrogen and oxygen atoms in total. The van der Waals surface area contributed by atoms with Crippen LogP contribution in [0, 0.1) is 4.77 Å². The molecule has 0 unspecified atom stereocenters. The Kier molecular flexibility index (Phi) is 1.79. The van der Waals surface area contributed by atoms with Gasteiger partial charge in [-0.15, -0.1) is 0 Å². The summed E-state index contributed by atoms with van der Waals surface area (Å²) in [5, 5.41) is 0.876. The average Bonchev–Trinajstić information content (AvgIpc) is 2.65. The molecule has 0 amide bonds. The molecule has 0 atom stereocenters. The molecule has 0 bridgehead atoms. The van der Waals surface area contributed by atoms with Crippen molar-refractivity contribution in [1.29, 1.82) is 0 Å². The molecular formula is C11H8N2O2S. The number of benzene rings is 1. The lowest BCUT2D eigenvalue weighted by atomic mass is 10.2. The predicted molar refractivity (Wildman–Crippen MR) is 64.1 cm³/mol. The minimum absolute atomic E-state index is 0.213. The summed E-state index contributed by atoms with van der Waals surface area (Å²) in [5.41, 5.74) is 1.46. The molecule has 1 N–H and O–H groups in total. The van der Waals surface area contributed by atoms with Gasteiger partial charge in [-0.25, -0.2) is 0 Å². The van der Waals surface area contributed by atoms with Crippen LogP contribution in [0.5, 0.6) is 0 Å². The normalized spacial score (nSPS) is 11.3. The maximum Gasteiger partial charge on any atom is 0.297 e. The first kappa shape index (κ1) is 9.35. The first-order valence-electron chi connectivity index (χ1n) is 4.79. The molecule has 0 aliphatic rings. The van der Waals surface area contributed by atoms with Crippen LogP contribution >= 0.6 is 12.2 Å².